The van der Waals surface area contributed by atoms with Crippen molar-refractivity contribution >= 4 is 51.1 Å². The maximum atomic E-state index is 12.6. The molecule has 8 heteroatoms. The minimum absolute atomic E-state index is 0.184. The Bertz CT molecular complexity index is 857. The van der Waals surface area contributed by atoms with Crippen LogP contribution in [-0.2, 0) is 13.1 Å². The number of benzene rings is 2. The first-order valence-electron chi connectivity index (χ1n) is 6.88. The van der Waals surface area contributed by atoms with E-state index in [1.165, 1.54) is 0 Å². The van der Waals surface area contributed by atoms with Gasteiger partial charge in [-0.25, -0.2) is 4.79 Å². The lowest BCUT2D eigenvalue weighted by molar-refractivity contribution is 0.0766. The van der Waals surface area contributed by atoms with E-state index in [-0.39, 0.29) is 18.2 Å². The molecule has 3 rings (SSSR count). The molecule has 2 amide bonds. The van der Waals surface area contributed by atoms with Crippen LogP contribution in [0, 0.1) is 0 Å². The zero-order valence-electron chi connectivity index (χ0n) is 12.2. The first kappa shape index (κ1) is 17.1. The van der Waals surface area contributed by atoms with Crippen molar-refractivity contribution in [1.29, 1.82) is 0 Å². The summed E-state index contributed by atoms with van der Waals surface area (Å²) in [5.74, 6) is 0.0802. The minimum atomic E-state index is -0.931. The van der Waals surface area contributed by atoms with Crippen LogP contribution in [-0.4, -0.2) is 16.9 Å². The van der Waals surface area contributed by atoms with E-state index in [2.05, 4.69) is 15.9 Å². The van der Waals surface area contributed by atoms with Crippen molar-refractivity contribution in [3.63, 3.8) is 0 Å². The van der Waals surface area contributed by atoms with Crippen LogP contribution in [0.1, 0.15) is 21.5 Å². The Morgan fingerprint density at radius 3 is 2.79 bits per heavy atom. The fraction of sp³-hybridized carbons (Fsp3) is 0.125. The van der Waals surface area contributed by atoms with E-state index >= 15 is 0 Å². The highest BCUT2D eigenvalue weighted by molar-refractivity contribution is 9.10. The Labute approximate surface area is 156 Å². The van der Waals surface area contributed by atoms with E-state index in [0.717, 1.165) is 5.56 Å². The summed E-state index contributed by atoms with van der Waals surface area (Å²) in [5, 5.41) is 0.844. The number of ether oxygens (including phenoxy) is 1. The molecule has 24 heavy (non-hydrogen) atoms. The van der Waals surface area contributed by atoms with E-state index in [9.17, 15) is 9.59 Å². The van der Waals surface area contributed by atoms with Crippen LogP contribution < -0.4 is 10.5 Å². The summed E-state index contributed by atoms with van der Waals surface area (Å²) in [6.45, 7) is 0.577. The van der Waals surface area contributed by atoms with Gasteiger partial charge < -0.3 is 15.4 Å². The number of hydrogen-bond acceptors (Lipinski definition) is 3. The molecule has 0 spiro atoms. The van der Waals surface area contributed by atoms with Gasteiger partial charge in [0.15, 0.2) is 0 Å². The highest BCUT2D eigenvalue weighted by Gasteiger charge is 2.31. The zero-order valence-corrected chi connectivity index (χ0v) is 15.3. The van der Waals surface area contributed by atoms with Crippen molar-refractivity contribution in [2.24, 2.45) is 5.73 Å². The Morgan fingerprint density at radius 2 is 2.08 bits per heavy atom. The lowest BCUT2D eigenvalue weighted by atomic mass is 10.1. The van der Waals surface area contributed by atoms with Gasteiger partial charge in [-0.1, -0.05) is 51.3 Å². The summed E-state index contributed by atoms with van der Waals surface area (Å²) in [6, 6.07) is 8.55. The average Bonchev–Trinajstić information content (AvgIpc) is 2.81. The number of hydrogen-bond donors (Lipinski definition) is 1. The molecule has 1 heterocycles. The maximum absolute atomic E-state index is 12.6. The van der Waals surface area contributed by atoms with Gasteiger partial charge in [-0.3, -0.25) is 4.79 Å². The largest absolute Gasteiger partial charge is 0.410 e. The molecule has 0 unspecified atom stereocenters. The van der Waals surface area contributed by atoms with E-state index in [0.29, 0.717) is 32.2 Å². The lowest BCUT2D eigenvalue weighted by Gasteiger charge is -2.17. The molecule has 2 N–H and O–H groups in total. The Morgan fingerprint density at radius 1 is 1.33 bits per heavy atom. The van der Waals surface area contributed by atoms with Crippen molar-refractivity contribution in [3.05, 3.63) is 61.5 Å². The third kappa shape index (κ3) is 3.22. The predicted molar refractivity (Wildman–Crippen MR) is 94.4 cm³/mol. The van der Waals surface area contributed by atoms with Gasteiger partial charge in [0, 0.05) is 22.1 Å². The number of nitrogens with zero attached hydrogens (tertiary/aromatic N) is 1. The number of carbonyl (C=O) groups excluding carboxylic acids is 2. The SMILES string of the molecule is NC(=O)Oc1cc(Br)cc2c1CN(Cc1cccc(Cl)c1Cl)C2=O. The number of carbonyl (C=O) groups is 2. The van der Waals surface area contributed by atoms with Crippen LogP contribution in [0.5, 0.6) is 5.75 Å². The molecule has 0 saturated carbocycles. The van der Waals surface area contributed by atoms with Gasteiger partial charge in [-0.2, -0.15) is 0 Å². The lowest BCUT2D eigenvalue weighted by Crippen LogP contribution is -2.23. The van der Waals surface area contributed by atoms with Gasteiger partial charge in [0.2, 0.25) is 0 Å². The van der Waals surface area contributed by atoms with Crippen LogP contribution >= 0.6 is 39.1 Å². The third-order valence-corrected chi connectivity index (χ3v) is 4.96. The van der Waals surface area contributed by atoms with Crippen molar-refractivity contribution in [3.8, 4) is 5.75 Å². The van der Waals surface area contributed by atoms with Crippen molar-refractivity contribution in [1.82, 2.24) is 4.90 Å². The number of fused-ring (bicyclic) bond motifs is 1. The van der Waals surface area contributed by atoms with Crippen LogP contribution in [0.15, 0.2) is 34.8 Å². The molecule has 0 bridgehead atoms. The Hall–Kier alpha value is -1.76. The molecule has 2 aromatic carbocycles. The monoisotopic (exact) mass is 428 g/mol. The van der Waals surface area contributed by atoms with E-state index in [1.807, 2.05) is 0 Å². The Kier molecular flexibility index (Phi) is 4.71. The highest BCUT2D eigenvalue weighted by atomic mass is 79.9. The minimum Gasteiger partial charge on any atom is -0.410 e. The topological polar surface area (TPSA) is 72.6 Å². The van der Waals surface area contributed by atoms with Crippen LogP contribution in [0.4, 0.5) is 4.79 Å². The number of nitrogens with two attached hydrogens (primary N) is 1. The fourth-order valence-electron chi connectivity index (χ4n) is 2.60. The quantitative estimate of drug-likeness (QED) is 0.787. The second kappa shape index (κ2) is 6.63. The van der Waals surface area contributed by atoms with Gasteiger partial charge in [0.25, 0.3) is 5.91 Å². The molecule has 1 aliphatic heterocycles. The molecule has 124 valence electrons. The molecule has 0 aliphatic carbocycles. The summed E-state index contributed by atoms with van der Waals surface area (Å²) < 4.78 is 5.63. The van der Waals surface area contributed by atoms with Crippen molar-refractivity contribution in [2.75, 3.05) is 0 Å². The molecular weight excluding hydrogens is 419 g/mol. The molecule has 0 fully saturated rings. The number of rotatable bonds is 3. The molecule has 0 aromatic heterocycles. The number of primary amides is 1. The third-order valence-electron chi connectivity index (χ3n) is 3.64. The average molecular weight is 430 g/mol. The maximum Gasteiger partial charge on any atom is 0.409 e. The molecule has 0 atom stereocenters. The van der Waals surface area contributed by atoms with Crippen LogP contribution in [0.2, 0.25) is 10.0 Å². The van der Waals surface area contributed by atoms with Gasteiger partial charge in [-0.05, 0) is 23.8 Å². The van der Waals surface area contributed by atoms with Crippen molar-refractivity contribution in [2.45, 2.75) is 13.1 Å². The van der Waals surface area contributed by atoms with E-state index < -0.39 is 6.09 Å². The first-order chi connectivity index (χ1) is 11.4. The molecule has 2 aromatic rings. The Balaban J connectivity index is 1.93. The summed E-state index contributed by atoms with van der Waals surface area (Å²) in [4.78, 5) is 25.3. The summed E-state index contributed by atoms with van der Waals surface area (Å²) in [7, 11) is 0. The van der Waals surface area contributed by atoms with E-state index in [4.69, 9.17) is 33.7 Å². The number of halogens is 3. The van der Waals surface area contributed by atoms with Crippen LogP contribution in [0.25, 0.3) is 0 Å². The molecule has 0 saturated heterocycles. The molecule has 0 radical (unpaired) electrons. The first-order valence-corrected chi connectivity index (χ1v) is 8.43. The smallest absolute Gasteiger partial charge is 0.409 e. The van der Waals surface area contributed by atoms with Gasteiger partial charge in [0.05, 0.1) is 16.6 Å². The summed E-state index contributed by atoms with van der Waals surface area (Å²) in [5.41, 5.74) is 6.90. The molecule has 5 nitrogen and oxygen atoms in total. The second-order valence-electron chi connectivity index (χ2n) is 5.23. The number of amides is 2. The molecular formula is C16H11BrCl2N2O3. The molecule has 1 aliphatic rings. The normalized spacial score (nSPS) is 13.1. The van der Waals surface area contributed by atoms with Gasteiger partial charge in [-0.15, -0.1) is 0 Å². The summed E-state index contributed by atoms with van der Waals surface area (Å²) in [6.07, 6.45) is -0.931. The summed E-state index contributed by atoms with van der Waals surface area (Å²) >= 11 is 15.5. The van der Waals surface area contributed by atoms with Gasteiger partial charge >= 0.3 is 6.09 Å². The van der Waals surface area contributed by atoms with Crippen molar-refractivity contribution < 1.29 is 14.3 Å². The predicted octanol–water partition coefficient (Wildman–Crippen LogP) is 4.37. The highest BCUT2D eigenvalue weighted by Crippen LogP contribution is 2.36. The standard InChI is InChI=1S/C16H11BrCl2N2O3/c17-9-4-10-11(13(5-9)24-16(20)23)7-21(15(10)22)6-8-2-1-3-12(18)14(8)19/h1-5H,6-7H2,(H2,20,23). The van der Waals surface area contributed by atoms with Crippen LogP contribution in [0.3, 0.4) is 0 Å². The fourth-order valence-corrected chi connectivity index (χ4v) is 3.42. The van der Waals surface area contributed by atoms with Gasteiger partial charge in [0.1, 0.15) is 5.75 Å². The second-order valence-corrected chi connectivity index (χ2v) is 6.93. The van der Waals surface area contributed by atoms with E-state index in [1.54, 1.807) is 35.2 Å². The zero-order chi connectivity index (χ0) is 17.4.